The Balaban J connectivity index is 1.48. The highest BCUT2D eigenvalue weighted by Crippen LogP contribution is 2.31. The number of nitrogens with one attached hydrogen (secondary N) is 2. The fourth-order valence-corrected chi connectivity index (χ4v) is 4.28. The van der Waals surface area contributed by atoms with Crippen molar-refractivity contribution < 1.29 is 14.3 Å². The molecule has 0 radical (unpaired) electrons. The molecule has 1 atom stereocenters. The molecule has 0 fully saturated rings. The van der Waals surface area contributed by atoms with E-state index in [1.807, 2.05) is 18.2 Å². The molecule has 9 nitrogen and oxygen atoms in total. The molecule has 0 saturated carbocycles. The third-order valence-corrected chi connectivity index (χ3v) is 5.82. The largest absolute Gasteiger partial charge is 0.482 e. The monoisotopic (exact) mass is 421 g/mol. The maximum Gasteiger partial charge on any atom is 0.294 e. The minimum Gasteiger partial charge on any atom is -0.482 e. The minimum atomic E-state index is -0.506. The first-order valence-corrected chi connectivity index (χ1v) is 10.0. The summed E-state index contributed by atoms with van der Waals surface area (Å²) in [5.74, 6) is 0.121. The predicted octanol–water partition coefficient (Wildman–Crippen LogP) is 2.27. The van der Waals surface area contributed by atoms with Crippen LogP contribution in [0.1, 0.15) is 17.3 Å². The molecule has 10 heteroatoms. The smallest absolute Gasteiger partial charge is 0.294 e. The lowest BCUT2D eigenvalue weighted by Crippen LogP contribution is -2.25. The molecule has 1 aliphatic heterocycles. The van der Waals surface area contributed by atoms with Crippen molar-refractivity contribution in [3.8, 4) is 5.75 Å². The average Bonchev–Trinajstić information content (AvgIpc) is 3.17. The van der Waals surface area contributed by atoms with Gasteiger partial charge in [-0.25, -0.2) is 0 Å². The first-order chi connectivity index (χ1) is 14.5. The number of anilines is 1. The van der Waals surface area contributed by atoms with Crippen LogP contribution in [0, 0.1) is 0 Å². The van der Waals surface area contributed by atoms with Crippen molar-refractivity contribution in [1.82, 2.24) is 19.6 Å². The van der Waals surface area contributed by atoms with Gasteiger partial charge < -0.3 is 15.0 Å². The predicted molar refractivity (Wildman–Crippen MR) is 111 cm³/mol. The summed E-state index contributed by atoms with van der Waals surface area (Å²) in [6, 6.07) is 12.3. The molecule has 0 saturated heterocycles. The summed E-state index contributed by atoms with van der Waals surface area (Å²) in [5.41, 5.74) is 2.13. The van der Waals surface area contributed by atoms with E-state index in [1.54, 1.807) is 35.6 Å². The molecule has 3 heterocycles. The lowest BCUT2D eigenvalue weighted by molar-refractivity contribution is -0.118. The summed E-state index contributed by atoms with van der Waals surface area (Å²) in [7, 11) is 0. The van der Waals surface area contributed by atoms with E-state index in [0.717, 1.165) is 5.52 Å². The first-order valence-electron chi connectivity index (χ1n) is 9.15. The van der Waals surface area contributed by atoms with Crippen LogP contribution in [0.4, 0.5) is 5.69 Å². The van der Waals surface area contributed by atoms with Crippen LogP contribution < -0.4 is 15.6 Å². The molecule has 2 aromatic carbocycles. The van der Waals surface area contributed by atoms with Gasteiger partial charge in [-0.15, -0.1) is 10.2 Å². The Morgan fingerprint density at radius 1 is 1.20 bits per heavy atom. The number of amides is 1. The van der Waals surface area contributed by atoms with E-state index in [4.69, 9.17) is 4.74 Å². The Morgan fingerprint density at radius 3 is 2.90 bits per heavy atom. The summed E-state index contributed by atoms with van der Waals surface area (Å²) in [5, 5.41) is 10.8. The van der Waals surface area contributed by atoms with Crippen molar-refractivity contribution in [2.75, 3.05) is 11.9 Å². The van der Waals surface area contributed by atoms with E-state index in [9.17, 15) is 14.4 Å². The van der Waals surface area contributed by atoms with Gasteiger partial charge in [0, 0.05) is 5.56 Å². The van der Waals surface area contributed by atoms with E-state index in [0.29, 0.717) is 27.7 Å². The van der Waals surface area contributed by atoms with E-state index in [-0.39, 0.29) is 29.5 Å². The molecule has 30 heavy (non-hydrogen) atoms. The molecular weight excluding hydrogens is 406 g/mol. The number of nitrogens with zero attached hydrogens (tertiary/aromatic N) is 3. The van der Waals surface area contributed by atoms with Crippen molar-refractivity contribution in [3.63, 3.8) is 0 Å². The molecule has 4 aromatic rings. The zero-order valence-electron chi connectivity index (χ0n) is 15.7. The zero-order chi connectivity index (χ0) is 20.8. The van der Waals surface area contributed by atoms with Gasteiger partial charge in [0.25, 0.3) is 11.5 Å². The number of Topliss-reactive ketones (excluding diaryl/α,β-unsaturated/α-hetero) is 1. The average molecular weight is 421 g/mol. The molecule has 0 spiro atoms. The number of hydrogen-bond acceptors (Lipinski definition) is 7. The molecule has 0 aliphatic carbocycles. The van der Waals surface area contributed by atoms with Gasteiger partial charge >= 0.3 is 0 Å². The summed E-state index contributed by atoms with van der Waals surface area (Å²) in [6.45, 7) is 1.72. The van der Waals surface area contributed by atoms with Crippen LogP contribution in [0.25, 0.3) is 16.7 Å². The number of ketones is 1. The fourth-order valence-electron chi connectivity index (χ4n) is 3.35. The number of thioether (sulfide) groups is 1. The third-order valence-electron chi connectivity index (χ3n) is 4.78. The Morgan fingerprint density at radius 2 is 2.03 bits per heavy atom. The van der Waals surface area contributed by atoms with Gasteiger partial charge in [0.2, 0.25) is 5.65 Å². The highest BCUT2D eigenvalue weighted by molar-refractivity contribution is 8.00. The van der Waals surface area contributed by atoms with Gasteiger partial charge in [0.15, 0.2) is 17.5 Å². The second-order valence-corrected chi connectivity index (χ2v) is 8.09. The van der Waals surface area contributed by atoms with Gasteiger partial charge in [-0.05, 0) is 37.3 Å². The van der Waals surface area contributed by atoms with Crippen molar-refractivity contribution in [2.24, 2.45) is 0 Å². The quantitative estimate of drug-likeness (QED) is 0.383. The van der Waals surface area contributed by atoms with Gasteiger partial charge in [-0.1, -0.05) is 23.9 Å². The van der Waals surface area contributed by atoms with Crippen molar-refractivity contribution >= 4 is 45.8 Å². The third kappa shape index (κ3) is 3.01. The number of hydrogen-bond donors (Lipinski definition) is 2. The van der Waals surface area contributed by atoms with Gasteiger partial charge in [0.1, 0.15) is 5.75 Å². The second kappa shape index (κ2) is 6.99. The number of aromatic nitrogens is 4. The Kier molecular flexibility index (Phi) is 4.28. The molecule has 2 N–H and O–H groups in total. The van der Waals surface area contributed by atoms with Gasteiger partial charge in [0.05, 0.1) is 22.0 Å². The summed E-state index contributed by atoms with van der Waals surface area (Å²) < 4.78 is 6.99. The normalized spacial score (nSPS) is 14.2. The first kappa shape index (κ1) is 18.4. The van der Waals surface area contributed by atoms with Crippen LogP contribution in [0.2, 0.25) is 0 Å². The van der Waals surface area contributed by atoms with Crippen LogP contribution >= 0.6 is 11.8 Å². The topological polar surface area (TPSA) is 118 Å². The molecular formula is C20H15N5O4S. The standard InChI is InChI=1S/C20H15N5O4S/c1-10(17(27)11-6-7-15-13(8-11)21-16(26)9-29-15)30-20-24-23-18-19(28)22-12-4-2-3-5-14(12)25(18)20/h2-8,10H,9H2,1H3,(H,21,26)(H,22,28). The molecule has 1 unspecified atom stereocenters. The van der Waals surface area contributed by atoms with Gasteiger partial charge in [-0.3, -0.25) is 18.8 Å². The van der Waals surface area contributed by atoms with E-state index < -0.39 is 5.25 Å². The van der Waals surface area contributed by atoms with Gasteiger partial charge in [-0.2, -0.15) is 0 Å². The lowest BCUT2D eigenvalue weighted by Gasteiger charge is -2.19. The number of H-pyrrole nitrogens is 1. The van der Waals surface area contributed by atoms with Crippen molar-refractivity contribution in [2.45, 2.75) is 17.3 Å². The van der Waals surface area contributed by atoms with Crippen LogP contribution in [0.5, 0.6) is 5.75 Å². The van der Waals surface area contributed by atoms with Crippen molar-refractivity contribution in [1.29, 1.82) is 0 Å². The number of carbonyl (C=O) groups is 2. The summed E-state index contributed by atoms with van der Waals surface area (Å²) in [4.78, 5) is 39.6. The minimum absolute atomic E-state index is 0.0421. The van der Waals surface area contributed by atoms with E-state index >= 15 is 0 Å². The van der Waals surface area contributed by atoms with E-state index in [2.05, 4.69) is 20.5 Å². The number of para-hydroxylation sites is 2. The lowest BCUT2D eigenvalue weighted by atomic mass is 10.1. The SMILES string of the molecule is CC(Sc1nnc2c(=O)[nH]c3ccccc3n12)C(=O)c1ccc2c(c1)NC(=O)CO2. The number of aromatic amines is 1. The molecule has 2 aromatic heterocycles. The maximum atomic E-state index is 13.0. The molecule has 1 aliphatic rings. The Labute approximate surface area is 173 Å². The van der Waals surface area contributed by atoms with Crippen LogP contribution in [0.3, 0.4) is 0 Å². The zero-order valence-corrected chi connectivity index (χ0v) is 16.5. The molecule has 150 valence electrons. The summed E-state index contributed by atoms with van der Waals surface area (Å²) >= 11 is 1.21. The number of rotatable bonds is 4. The van der Waals surface area contributed by atoms with Crippen molar-refractivity contribution in [3.05, 3.63) is 58.4 Å². The van der Waals surface area contributed by atoms with Crippen LogP contribution in [-0.4, -0.2) is 43.1 Å². The molecule has 5 rings (SSSR count). The molecule has 1 amide bonds. The Bertz CT molecular complexity index is 1390. The summed E-state index contributed by atoms with van der Waals surface area (Å²) in [6.07, 6.45) is 0. The number of benzene rings is 2. The highest BCUT2D eigenvalue weighted by Gasteiger charge is 2.23. The van der Waals surface area contributed by atoms with Crippen LogP contribution in [0.15, 0.2) is 52.4 Å². The Hall–Kier alpha value is -3.66. The van der Waals surface area contributed by atoms with E-state index in [1.165, 1.54) is 11.8 Å². The highest BCUT2D eigenvalue weighted by atomic mass is 32.2. The number of carbonyl (C=O) groups excluding carboxylic acids is 2. The fraction of sp³-hybridized carbons (Fsp3) is 0.150. The second-order valence-electron chi connectivity index (χ2n) is 6.78. The number of ether oxygens (including phenoxy) is 1. The van der Waals surface area contributed by atoms with Crippen LogP contribution in [-0.2, 0) is 4.79 Å². The number of fused-ring (bicyclic) bond motifs is 4. The maximum absolute atomic E-state index is 13.0. The molecule has 0 bridgehead atoms.